The fourth-order valence-corrected chi connectivity index (χ4v) is 3.07. The van der Waals surface area contributed by atoms with Crippen molar-refractivity contribution in [1.82, 2.24) is 9.80 Å². The van der Waals surface area contributed by atoms with Gasteiger partial charge in [0.1, 0.15) is 5.75 Å². The average molecular weight is 344 g/mol. The maximum atomic E-state index is 12.6. The maximum absolute atomic E-state index is 12.6. The molecule has 0 spiro atoms. The lowest BCUT2D eigenvalue weighted by molar-refractivity contribution is -0.137. The van der Waals surface area contributed by atoms with Crippen LogP contribution >= 0.6 is 0 Å². The first-order valence-electron chi connectivity index (χ1n) is 8.75. The van der Waals surface area contributed by atoms with Gasteiger partial charge in [-0.3, -0.25) is 9.59 Å². The van der Waals surface area contributed by atoms with Crippen molar-refractivity contribution in [3.05, 3.63) is 42.0 Å². The number of morpholine rings is 1. The fraction of sp³-hybridized carbons (Fsp3) is 0.474. The van der Waals surface area contributed by atoms with E-state index < -0.39 is 0 Å². The molecule has 134 valence electrons. The highest BCUT2D eigenvalue weighted by Crippen LogP contribution is 2.19. The molecule has 1 fully saturated rings. The monoisotopic (exact) mass is 344 g/mol. The molecule has 25 heavy (non-hydrogen) atoms. The molecule has 0 N–H and O–H groups in total. The van der Waals surface area contributed by atoms with Crippen molar-refractivity contribution in [2.24, 2.45) is 0 Å². The first-order chi connectivity index (χ1) is 12.2. The van der Waals surface area contributed by atoms with E-state index in [-0.39, 0.29) is 24.5 Å². The van der Waals surface area contributed by atoms with Crippen LogP contribution in [0.4, 0.5) is 0 Å². The summed E-state index contributed by atoms with van der Waals surface area (Å²) in [4.78, 5) is 28.2. The molecule has 0 saturated carbocycles. The topological polar surface area (TPSA) is 59.1 Å². The highest BCUT2D eigenvalue weighted by atomic mass is 16.5. The molecule has 2 heterocycles. The second kappa shape index (κ2) is 8.16. The van der Waals surface area contributed by atoms with E-state index >= 15 is 0 Å². The second-order valence-electron chi connectivity index (χ2n) is 6.17. The summed E-state index contributed by atoms with van der Waals surface area (Å²) < 4.78 is 10.8. The van der Waals surface area contributed by atoms with Gasteiger partial charge < -0.3 is 19.3 Å². The summed E-state index contributed by atoms with van der Waals surface area (Å²) in [5, 5.41) is 0. The minimum Gasteiger partial charge on any atom is -0.484 e. The number of hydrogen-bond acceptors (Lipinski definition) is 4. The Balaban J connectivity index is 1.53. The summed E-state index contributed by atoms with van der Waals surface area (Å²) in [5.41, 5.74) is 0.633. The Labute approximate surface area is 148 Å². The summed E-state index contributed by atoms with van der Waals surface area (Å²) in [5.74, 6) is 0.565. The number of amides is 2. The van der Waals surface area contributed by atoms with E-state index in [4.69, 9.17) is 9.47 Å². The normalized spacial score (nSPS) is 20.0. The summed E-state index contributed by atoms with van der Waals surface area (Å²) in [6, 6.07) is 7.16. The van der Waals surface area contributed by atoms with Crippen molar-refractivity contribution in [1.29, 1.82) is 0 Å². The third-order valence-corrected chi connectivity index (χ3v) is 4.57. The van der Waals surface area contributed by atoms with Gasteiger partial charge in [-0.25, -0.2) is 0 Å². The largest absolute Gasteiger partial charge is 0.484 e. The van der Waals surface area contributed by atoms with Crippen molar-refractivity contribution in [2.45, 2.75) is 19.4 Å². The van der Waals surface area contributed by atoms with Gasteiger partial charge in [0.25, 0.3) is 11.8 Å². The van der Waals surface area contributed by atoms with Crippen molar-refractivity contribution in [2.75, 3.05) is 39.5 Å². The SMILES string of the molecule is CCC1C=CCN1C(=O)c1ccc(OCC(=O)N2CCOCC2)cc1. The molecule has 0 radical (unpaired) electrons. The Kier molecular flexibility index (Phi) is 5.71. The number of carbonyl (C=O) groups is 2. The van der Waals surface area contributed by atoms with Crippen molar-refractivity contribution < 1.29 is 19.1 Å². The van der Waals surface area contributed by atoms with Crippen molar-refractivity contribution in [3.63, 3.8) is 0 Å². The number of nitrogens with zero attached hydrogens (tertiary/aromatic N) is 2. The molecule has 2 amide bonds. The lowest BCUT2D eigenvalue weighted by Gasteiger charge is -2.26. The van der Waals surface area contributed by atoms with E-state index in [1.807, 2.05) is 11.0 Å². The minimum absolute atomic E-state index is 0.00124. The van der Waals surface area contributed by atoms with Crippen LogP contribution in [-0.4, -0.2) is 67.1 Å². The van der Waals surface area contributed by atoms with Crippen LogP contribution in [0.5, 0.6) is 5.75 Å². The summed E-state index contributed by atoms with van der Waals surface area (Å²) >= 11 is 0. The van der Waals surface area contributed by atoms with Crippen molar-refractivity contribution >= 4 is 11.8 Å². The summed E-state index contributed by atoms with van der Waals surface area (Å²) in [7, 11) is 0. The van der Waals surface area contributed by atoms with Crippen LogP contribution in [0.1, 0.15) is 23.7 Å². The van der Waals surface area contributed by atoms with E-state index in [0.717, 1.165) is 6.42 Å². The molecular weight excluding hydrogens is 320 g/mol. The van der Waals surface area contributed by atoms with Crippen LogP contribution in [0.2, 0.25) is 0 Å². The van der Waals surface area contributed by atoms with Gasteiger partial charge in [0, 0.05) is 25.2 Å². The quantitative estimate of drug-likeness (QED) is 0.763. The Morgan fingerprint density at radius 1 is 1.20 bits per heavy atom. The van der Waals surface area contributed by atoms with Crippen LogP contribution in [0.15, 0.2) is 36.4 Å². The molecule has 1 saturated heterocycles. The van der Waals surface area contributed by atoms with Crippen LogP contribution in [0.25, 0.3) is 0 Å². The third-order valence-electron chi connectivity index (χ3n) is 4.57. The van der Waals surface area contributed by atoms with E-state index in [1.54, 1.807) is 29.2 Å². The smallest absolute Gasteiger partial charge is 0.260 e. The molecule has 2 aliphatic rings. The van der Waals surface area contributed by atoms with E-state index in [1.165, 1.54) is 0 Å². The zero-order chi connectivity index (χ0) is 17.6. The molecule has 6 nitrogen and oxygen atoms in total. The third kappa shape index (κ3) is 4.20. The molecule has 0 bridgehead atoms. The summed E-state index contributed by atoms with van der Waals surface area (Å²) in [6.07, 6.45) is 5.01. The van der Waals surface area contributed by atoms with E-state index in [9.17, 15) is 9.59 Å². The first-order valence-corrected chi connectivity index (χ1v) is 8.75. The van der Waals surface area contributed by atoms with Crippen molar-refractivity contribution in [3.8, 4) is 5.75 Å². The van der Waals surface area contributed by atoms with Crippen LogP contribution in [-0.2, 0) is 9.53 Å². The van der Waals surface area contributed by atoms with Gasteiger partial charge in [0.05, 0.1) is 19.3 Å². The molecular formula is C19H24N2O4. The number of carbonyl (C=O) groups excluding carboxylic acids is 2. The Hall–Kier alpha value is -2.34. The summed E-state index contributed by atoms with van der Waals surface area (Å²) in [6.45, 7) is 5.10. The molecule has 1 atom stereocenters. The van der Waals surface area contributed by atoms with Gasteiger partial charge in [0.2, 0.25) is 0 Å². The molecule has 2 aliphatic heterocycles. The van der Waals surface area contributed by atoms with Gasteiger partial charge in [-0.1, -0.05) is 19.1 Å². The fourth-order valence-electron chi connectivity index (χ4n) is 3.07. The molecule has 1 aromatic carbocycles. The Morgan fingerprint density at radius 2 is 1.92 bits per heavy atom. The lowest BCUT2D eigenvalue weighted by atomic mass is 10.1. The standard InChI is InChI=1S/C19H24N2O4/c1-2-16-4-3-9-21(16)19(23)15-5-7-17(8-6-15)25-14-18(22)20-10-12-24-13-11-20/h3-8,16H,2,9-14H2,1H3. The van der Waals surface area contributed by atoms with E-state index in [2.05, 4.69) is 13.0 Å². The molecule has 1 aromatic rings. The minimum atomic E-state index is -0.0441. The van der Waals surface area contributed by atoms with Gasteiger partial charge in [0.15, 0.2) is 6.61 Å². The van der Waals surface area contributed by atoms with Crippen LogP contribution in [0, 0.1) is 0 Å². The number of benzene rings is 1. The first kappa shape index (κ1) is 17.5. The number of rotatable bonds is 5. The van der Waals surface area contributed by atoms with Gasteiger partial charge in [-0.05, 0) is 30.7 Å². The molecule has 0 aliphatic carbocycles. The molecule has 1 unspecified atom stereocenters. The van der Waals surface area contributed by atoms with Gasteiger partial charge in [-0.15, -0.1) is 0 Å². The average Bonchev–Trinajstić information content (AvgIpc) is 3.15. The zero-order valence-electron chi connectivity index (χ0n) is 14.5. The maximum Gasteiger partial charge on any atom is 0.260 e. The Bertz CT molecular complexity index is 635. The molecule has 0 aromatic heterocycles. The second-order valence-corrected chi connectivity index (χ2v) is 6.17. The highest BCUT2D eigenvalue weighted by Gasteiger charge is 2.24. The lowest BCUT2D eigenvalue weighted by Crippen LogP contribution is -2.42. The van der Waals surface area contributed by atoms with Gasteiger partial charge >= 0.3 is 0 Å². The molecule has 6 heteroatoms. The Morgan fingerprint density at radius 3 is 2.60 bits per heavy atom. The van der Waals surface area contributed by atoms with Gasteiger partial charge in [-0.2, -0.15) is 0 Å². The highest BCUT2D eigenvalue weighted by molar-refractivity contribution is 5.95. The zero-order valence-corrected chi connectivity index (χ0v) is 14.5. The predicted molar refractivity (Wildman–Crippen MR) is 93.6 cm³/mol. The number of hydrogen-bond donors (Lipinski definition) is 0. The predicted octanol–water partition coefficient (Wildman–Crippen LogP) is 1.71. The molecule has 3 rings (SSSR count). The number of ether oxygens (including phenoxy) is 2. The van der Waals surface area contributed by atoms with Crippen LogP contribution < -0.4 is 4.74 Å². The van der Waals surface area contributed by atoms with Crippen LogP contribution in [0.3, 0.4) is 0 Å². The van der Waals surface area contributed by atoms with E-state index in [0.29, 0.717) is 44.2 Å².